The van der Waals surface area contributed by atoms with Crippen molar-refractivity contribution < 1.29 is 23.4 Å². The fourth-order valence-corrected chi connectivity index (χ4v) is 4.15. The first-order valence-electron chi connectivity index (χ1n) is 16.1. The van der Waals surface area contributed by atoms with Gasteiger partial charge in [-0.05, 0) is 56.7 Å². The second-order valence-corrected chi connectivity index (χ2v) is 10.5. The molecular formula is C35H54O6. The van der Waals surface area contributed by atoms with Gasteiger partial charge in [0, 0.05) is 11.6 Å². The second-order valence-electron chi connectivity index (χ2n) is 10.5. The molecule has 230 valence electrons. The number of benzene rings is 1. The molecule has 0 aliphatic carbocycles. The average Bonchev–Trinajstić information content (AvgIpc) is 2.97. The molecule has 1 aromatic carbocycles. The van der Waals surface area contributed by atoms with Crippen LogP contribution < -0.4 is 24.4 Å². The standard InChI is InChI=1S/C35H54O6/c1-6-11-16-17-18-19-20-29-27-30(36)34(39-23-14-9-4)33(41-29)28-25-31(37-21-12-7-2)35(40-24-15-10-5)32(26-28)38-22-13-8-3/h19-20,25-27H,6-18,21-24H2,1-5H3. The Hall–Kier alpha value is -2.89. The Kier molecular flexibility index (Phi) is 17.5. The minimum Gasteiger partial charge on any atom is -0.490 e. The largest absolute Gasteiger partial charge is 0.490 e. The van der Waals surface area contributed by atoms with Crippen LogP contribution in [0.1, 0.15) is 124 Å². The Balaban J connectivity index is 2.60. The van der Waals surface area contributed by atoms with Crippen molar-refractivity contribution >= 4 is 6.08 Å². The summed E-state index contributed by atoms with van der Waals surface area (Å²) in [5, 5.41) is 0. The summed E-state index contributed by atoms with van der Waals surface area (Å²) in [7, 11) is 0. The lowest BCUT2D eigenvalue weighted by atomic mass is 10.1. The molecule has 0 atom stereocenters. The maximum Gasteiger partial charge on any atom is 0.228 e. The highest BCUT2D eigenvalue weighted by Crippen LogP contribution is 2.44. The van der Waals surface area contributed by atoms with E-state index in [0.29, 0.717) is 60.8 Å². The molecule has 1 heterocycles. The monoisotopic (exact) mass is 570 g/mol. The Morgan fingerprint density at radius 1 is 0.610 bits per heavy atom. The third kappa shape index (κ3) is 12.2. The molecule has 0 N–H and O–H groups in total. The van der Waals surface area contributed by atoms with Gasteiger partial charge in [0.1, 0.15) is 5.76 Å². The molecule has 0 fully saturated rings. The summed E-state index contributed by atoms with van der Waals surface area (Å²) in [6, 6.07) is 5.31. The lowest BCUT2D eigenvalue weighted by Crippen LogP contribution is -2.11. The maximum absolute atomic E-state index is 13.3. The van der Waals surface area contributed by atoms with Gasteiger partial charge < -0.3 is 23.4 Å². The highest BCUT2D eigenvalue weighted by atomic mass is 16.5. The fourth-order valence-electron chi connectivity index (χ4n) is 4.15. The molecule has 0 saturated carbocycles. The average molecular weight is 571 g/mol. The molecule has 2 aromatic rings. The van der Waals surface area contributed by atoms with Crippen molar-refractivity contribution in [2.24, 2.45) is 0 Å². The first-order chi connectivity index (χ1) is 20.1. The quantitative estimate of drug-likeness (QED) is 0.124. The Morgan fingerprint density at radius 3 is 1.66 bits per heavy atom. The van der Waals surface area contributed by atoms with Gasteiger partial charge >= 0.3 is 0 Å². The number of hydrogen-bond acceptors (Lipinski definition) is 6. The zero-order chi connectivity index (χ0) is 29.7. The van der Waals surface area contributed by atoms with Gasteiger partial charge in [-0.25, -0.2) is 0 Å². The van der Waals surface area contributed by atoms with Gasteiger partial charge in [0.15, 0.2) is 17.3 Å². The highest BCUT2D eigenvalue weighted by molar-refractivity contribution is 5.72. The summed E-state index contributed by atoms with van der Waals surface area (Å²) >= 11 is 0. The van der Waals surface area contributed by atoms with E-state index in [1.54, 1.807) is 0 Å². The molecule has 0 amide bonds. The van der Waals surface area contributed by atoms with E-state index in [4.69, 9.17) is 23.4 Å². The van der Waals surface area contributed by atoms with E-state index in [0.717, 1.165) is 64.2 Å². The van der Waals surface area contributed by atoms with Gasteiger partial charge in [0.25, 0.3) is 0 Å². The van der Waals surface area contributed by atoms with Gasteiger partial charge in [-0.3, -0.25) is 4.79 Å². The van der Waals surface area contributed by atoms with Crippen molar-refractivity contribution in [2.45, 2.75) is 118 Å². The normalized spacial score (nSPS) is 11.2. The molecule has 2 rings (SSSR count). The van der Waals surface area contributed by atoms with E-state index < -0.39 is 0 Å². The van der Waals surface area contributed by atoms with Crippen LogP contribution in [0.15, 0.2) is 33.5 Å². The third-order valence-corrected chi connectivity index (χ3v) is 6.71. The molecule has 0 unspecified atom stereocenters. The topological polar surface area (TPSA) is 67.1 Å². The van der Waals surface area contributed by atoms with Crippen molar-refractivity contribution in [2.75, 3.05) is 26.4 Å². The Morgan fingerprint density at radius 2 is 1.12 bits per heavy atom. The lowest BCUT2D eigenvalue weighted by molar-refractivity contribution is 0.237. The van der Waals surface area contributed by atoms with Crippen molar-refractivity contribution in [1.29, 1.82) is 0 Å². The smallest absolute Gasteiger partial charge is 0.228 e. The minimum absolute atomic E-state index is 0.196. The minimum atomic E-state index is -0.196. The molecule has 6 nitrogen and oxygen atoms in total. The van der Waals surface area contributed by atoms with Crippen molar-refractivity contribution in [3.63, 3.8) is 0 Å². The zero-order valence-corrected chi connectivity index (χ0v) is 26.4. The summed E-state index contributed by atoms with van der Waals surface area (Å²) in [5.41, 5.74) is 0.478. The molecule has 6 heteroatoms. The molecule has 0 aliphatic heterocycles. The van der Waals surface area contributed by atoms with Crippen LogP contribution in [0.5, 0.6) is 23.0 Å². The van der Waals surface area contributed by atoms with Gasteiger partial charge in [0.2, 0.25) is 16.9 Å². The SMILES string of the molecule is CCCCCCC=Cc1cc(=O)c(OCCCC)c(-c2cc(OCCCC)c(OCCCC)c(OCCCC)c2)o1. The van der Waals surface area contributed by atoms with Gasteiger partial charge in [-0.1, -0.05) is 85.6 Å². The second kappa shape index (κ2) is 20.9. The molecule has 41 heavy (non-hydrogen) atoms. The van der Waals surface area contributed by atoms with Crippen LogP contribution in [0.25, 0.3) is 17.4 Å². The van der Waals surface area contributed by atoms with Crippen LogP contribution in [0.3, 0.4) is 0 Å². The van der Waals surface area contributed by atoms with Crippen LogP contribution in [0, 0.1) is 0 Å². The van der Waals surface area contributed by atoms with Gasteiger partial charge in [-0.15, -0.1) is 0 Å². The van der Waals surface area contributed by atoms with Crippen LogP contribution in [-0.2, 0) is 0 Å². The molecule has 0 saturated heterocycles. The summed E-state index contributed by atoms with van der Waals surface area (Å²) in [5.74, 6) is 2.91. The maximum atomic E-state index is 13.3. The lowest BCUT2D eigenvalue weighted by Gasteiger charge is -2.19. The van der Waals surface area contributed by atoms with Crippen LogP contribution in [0.4, 0.5) is 0 Å². The summed E-state index contributed by atoms with van der Waals surface area (Å²) in [6.07, 6.45) is 17.3. The van der Waals surface area contributed by atoms with Crippen molar-refractivity contribution in [3.05, 3.63) is 40.3 Å². The first kappa shape index (κ1) is 34.3. The number of unbranched alkanes of at least 4 members (excludes halogenated alkanes) is 8. The third-order valence-electron chi connectivity index (χ3n) is 6.71. The van der Waals surface area contributed by atoms with Crippen molar-refractivity contribution in [3.8, 4) is 34.3 Å². The number of hydrogen-bond donors (Lipinski definition) is 0. The van der Waals surface area contributed by atoms with E-state index in [9.17, 15) is 4.79 Å². The fraction of sp³-hybridized carbons (Fsp3) is 0.629. The predicted octanol–water partition coefficient (Wildman–Crippen LogP) is 10.0. The summed E-state index contributed by atoms with van der Waals surface area (Å²) in [4.78, 5) is 13.3. The van der Waals surface area contributed by atoms with Crippen LogP contribution >= 0.6 is 0 Å². The molecule has 0 spiro atoms. The number of allylic oxidation sites excluding steroid dienone is 1. The first-order valence-corrected chi connectivity index (χ1v) is 16.1. The van der Waals surface area contributed by atoms with Crippen molar-refractivity contribution in [1.82, 2.24) is 0 Å². The highest BCUT2D eigenvalue weighted by Gasteiger charge is 2.22. The van der Waals surface area contributed by atoms with E-state index in [1.165, 1.54) is 25.3 Å². The van der Waals surface area contributed by atoms with E-state index in [-0.39, 0.29) is 11.2 Å². The van der Waals surface area contributed by atoms with E-state index >= 15 is 0 Å². The van der Waals surface area contributed by atoms with E-state index in [1.807, 2.05) is 18.2 Å². The molecule has 0 radical (unpaired) electrons. The molecule has 0 aliphatic rings. The van der Waals surface area contributed by atoms with Crippen LogP contribution in [-0.4, -0.2) is 26.4 Å². The van der Waals surface area contributed by atoms with Crippen LogP contribution in [0.2, 0.25) is 0 Å². The number of rotatable bonds is 23. The molecule has 1 aromatic heterocycles. The summed E-state index contributed by atoms with van der Waals surface area (Å²) < 4.78 is 31.1. The predicted molar refractivity (Wildman–Crippen MR) is 170 cm³/mol. The number of ether oxygens (including phenoxy) is 4. The zero-order valence-electron chi connectivity index (χ0n) is 26.4. The van der Waals surface area contributed by atoms with Gasteiger partial charge in [-0.2, -0.15) is 0 Å². The molecule has 0 bridgehead atoms. The Labute approximate surface area is 248 Å². The summed E-state index contributed by atoms with van der Waals surface area (Å²) in [6.45, 7) is 12.8. The van der Waals surface area contributed by atoms with Gasteiger partial charge in [0.05, 0.1) is 26.4 Å². The molecular weight excluding hydrogens is 516 g/mol. The Bertz CT molecular complexity index is 1040. The van der Waals surface area contributed by atoms with E-state index in [2.05, 4.69) is 40.7 Å².